The number of hydrogen-bond donors (Lipinski definition) is 2. The molecule has 0 radical (unpaired) electrons. The molecule has 0 aliphatic carbocycles. The zero-order valence-electron chi connectivity index (χ0n) is 12.7. The van der Waals surface area contributed by atoms with Crippen molar-refractivity contribution in [2.45, 2.75) is 18.7 Å². The van der Waals surface area contributed by atoms with E-state index in [0.29, 0.717) is 22.9 Å². The number of para-hydroxylation sites is 2. The largest absolute Gasteiger partial charge is 0.493 e. The molecule has 0 amide bonds. The molecule has 2 aromatic rings. The maximum absolute atomic E-state index is 12.2. The molecule has 1 aromatic carbocycles. The van der Waals surface area contributed by atoms with Crippen molar-refractivity contribution in [2.24, 2.45) is 0 Å². The number of aromatic nitrogens is 2. The van der Waals surface area contributed by atoms with Crippen molar-refractivity contribution in [2.75, 3.05) is 20.3 Å². The molecule has 0 aliphatic rings. The standard InChI is InChI=1S/C14H19N3O4S/c1-10-14(11(2)17-16-10)22(18,19)15-8-9-21-13-7-5-4-6-12(13)20-3/h4-7,15H,8-9H2,1-3H3,(H,16,17). The number of aromatic amines is 1. The van der Waals surface area contributed by atoms with E-state index in [0.717, 1.165) is 0 Å². The zero-order valence-corrected chi connectivity index (χ0v) is 13.5. The summed E-state index contributed by atoms with van der Waals surface area (Å²) >= 11 is 0. The number of methoxy groups -OCH3 is 1. The van der Waals surface area contributed by atoms with E-state index in [1.54, 1.807) is 33.1 Å². The lowest BCUT2D eigenvalue weighted by molar-refractivity contribution is 0.298. The third-order valence-corrected chi connectivity index (χ3v) is 4.77. The summed E-state index contributed by atoms with van der Waals surface area (Å²) in [5, 5.41) is 6.55. The molecule has 0 spiro atoms. The summed E-state index contributed by atoms with van der Waals surface area (Å²) in [6.45, 7) is 3.64. The van der Waals surface area contributed by atoms with Crippen molar-refractivity contribution in [1.29, 1.82) is 0 Å². The summed E-state index contributed by atoms with van der Waals surface area (Å²) < 4.78 is 37.6. The molecule has 8 heteroatoms. The van der Waals surface area contributed by atoms with Gasteiger partial charge < -0.3 is 9.47 Å². The average Bonchev–Trinajstić information content (AvgIpc) is 2.84. The molecule has 0 unspecified atom stereocenters. The molecule has 0 aliphatic heterocycles. The molecule has 0 saturated carbocycles. The second-order valence-electron chi connectivity index (χ2n) is 4.66. The Morgan fingerprint density at radius 1 is 1.23 bits per heavy atom. The molecule has 7 nitrogen and oxygen atoms in total. The number of nitrogens with zero attached hydrogens (tertiary/aromatic N) is 1. The minimum Gasteiger partial charge on any atom is -0.493 e. The molecule has 2 rings (SSSR count). The first-order valence-electron chi connectivity index (χ1n) is 6.72. The van der Waals surface area contributed by atoms with Crippen LogP contribution in [0.2, 0.25) is 0 Å². The third-order valence-electron chi connectivity index (χ3n) is 3.05. The van der Waals surface area contributed by atoms with Crippen LogP contribution >= 0.6 is 0 Å². The van der Waals surface area contributed by atoms with Crippen LogP contribution in [0.1, 0.15) is 11.4 Å². The summed E-state index contributed by atoms with van der Waals surface area (Å²) in [7, 11) is -2.05. The maximum Gasteiger partial charge on any atom is 0.244 e. The van der Waals surface area contributed by atoms with E-state index in [1.807, 2.05) is 12.1 Å². The van der Waals surface area contributed by atoms with Crippen molar-refractivity contribution in [3.8, 4) is 11.5 Å². The highest BCUT2D eigenvalue weighted by atomic mass is 32.2. The van der Waals surface area contributed by atoms with Gasteiger partial charge in [0.25, 0.3) is 0 Å². The predicted octanol–water partition coefficient (Wildman–Crippen LogP) is 1.39. The highest BCUT2D eigenvalue weighted by molar-refractivity contribution is 7.89. The Hall–Kier alpha value is -2.06. The van der Waals surface area contributed by atoms with Gasteiger partial charge in [-0.25, -0.2) is 13.1 Å². The van der Waals surface area contributed by atoms with Crippen LogP contribution in [-0.2, 0) is 10.0 Å². The molecule has 2 N–H and O–H groups in total. The summed E-state index contributed by atoms with van der Waals surface area (Å²) in [5.41, 5.74) is 0.950. The van der Waals surface area contributed by atoms with Crippen LogP contribution in [0.4, 0.5) is 0 Å². The van der Waals surface area contributed by atoms with Gasteiger partial charge in [0.1, 0.15) is 11.5 Å². The quantitative estimate of drug-likeness (QED) is 0.750. The Morgan fingerprint density at radius 2 is 1.91 bits per heavy atom. The van der Waals surface area contributed by atoms with Gasteiger partial charge in [0, 0.05) is 6.54 Å². The van der Waals surface area contributed by atoms with E-state index in [2.05, 4.69) is 14.9 Å². The summed E-state index contributed by atoms with van der Waals surface area (Å²) in [5.74, 6) is 1.17. The SMILES string of the molecule is COc1ccccc1OCCNS(=O)(=O)c1c(C)n[nH]c1C. The molecule has 1 aromatic heterocycles. The van der Waals surface area contributed by atoms with Crippen molar-refractivity contribution >= 4 is 10.0 Å². The van der Waals surface area contributed by atoms with Crippen molar-refractivity contribution < 1.29 is 17.9 Å². The molecular weight excluding hydrogens is 306 g/mol. The summed E-state index contributed by atoms with van der Waals surface area (Å²) in [4.78, 5) is 0.185. The van der Waals surface area contributed by atoms with Gasteiger partial charge in [-0.3, -0.25) is 5.10 Å². The van der Waals surface area contributed by atoms with Crippen molar-refractivity contribution in [3.05, 3.63) is 35.7 Å². The van der Waals surface area contributed by atoms with Gasteiger partial charge in [0.15, 0.2) is 11.5 Å². The van der Waals surface area contributed by atoms with Gasteiger partial charge in [-0.15, -0.1) is 0 Å². The van der Waals surface area contributed by atoms with Crippen LogP contribution in [0, 0.1) is 13.8 Å². The number of aryl methyl sites for hydroxylation is 2. The number of ether oxygens (including phenoxy) is 2. The molecule has 120 valence electrons. The first kappa shape index (κ1) is 16.3. The molecule has 0 fully saturated rings. The normalized spacial score (nSPS) is 11.4. The summed E-state index contributed by atoms with van der Waals surface area (Å²) in [6, 6.07) is 7.19. The molecule has 22 heavy (non-hydrogen) atoms. The zero-order chi connectivity index (χ0) is 16.2. The Labute approximate surface area is 129 Å². The summed E-state index contributed by atoms with van der Waals surface area (Å²) in [6.07, 6.45) is 0. The monoisotopic (exact) mass is 325 g/mol. The second-order valence-corrected chi connectivity index (χ2v) is 6.36. The fraction of sp³-hybridized carbons (Fsp3) is 0.357. The van der Waals surface area contributed by atoms with Crippen molar-refractivity contribution in [3.63, 3.8) is 0 Å². The number of nitrogens with one attached hydrogen (secondary N) is 2. The number of H-pyrrole nitrogens is 1. The van der Waals surface area contributed by atoms with Gasteiger partial charge in [-0.05, 0) is 26.0 Å². The van der Waals surface area contributed by atoms with Gasteiger partial charge in [-0.1, -0.05) is 12.1 Å². The molecule has 0 atom stereocenters. The Bertz CT molecular complexity index is 721. The fourth-order valence-corrected chi connectivity index (χ4v) is 3.46. The van der Waals surface area contributed by atoms with Crippen LogP contribution in [0.15, 0.2) is 29.2 Å². The average molecular weight is 325 g/mol. The van der Waals surface area contributed by atoms with Crippen LogP contribution in [0.3, 0.4) is 0 Å². The van der Waals surface area contributed by atoms with Gasteiger partial charge in [-0.2, -0.15) is 5.10 Å². The van der Waals surface area contributed by atoms with E-state index in [1.165, 1.54) is 0 Å². The van der Waals surface area contributed by atoms with Crippen LogP contribution in [0.25, 0.3) is 0 Å². The van der Waals surface area contributed by atoms with Crippen molar-refractivity contribution in [1.82, 2.24) is 14.9 Å². The van der Waals surface area contributed by atoms with Crippen LogP contribution in [-0.4, -0.2) is 38.9 Å². The number of hydrogen-bond acceptors (Lipinski definition) is 5. The van der Waals surface area contributed by atoms with Gasteiger partial charge in [0.05, 0.1) is 18.5 Å². The minimum absolute atomic E-state index is 0.143. The predicted molar refractivity (Wildman–Crippen MR) is 81.7 cm³/mol. The van der Waals surface area contributed by atoms with Crippen LogP contribution < -0.4 is 14.2 Å². The van der Waals surface area contributed by atoms with E-state index in [9.17, 15) is 8.42 Å². The van der Waals surface area contributed by atoms with Gasteiger partial charge >= 0.3 is 0 Å². The lowest BCUT2D eigenvalue weighted by Gasteiger charge is -2.11. The Kier molecular flexibility index (Phi) is 5.04. The van der Waals surface area contributed by atoms with E-state index < -0.39 is 10.0 Å². The fourth-order valence-electron chi connectivity index (χ4n) is 2.08. The van der Waals surface area contributed by atoms with E-state index in [4.69, 9.17) is 9.47 Å². The lowest BCUT2D eigenvalue weighted by atomic mass is 10.3. The topological polar surface area (TPSA) is 93.3 Å². The number of sulfonamides is 1. The smallest absolute Gasteiger partial charge is 0.244 e. The molecule has 0 bridgehead atoms. The molecular formula is C14H19N3O4S. The first-order valence-corrected chi connectivity index (χ1v) is 8.21. The molecule has 1 heterocycles. The highest BCUT2D eigenvalue weighted by Crippen LogP contribution is 2.25. The Morgan fingerprint density at radius 3 is 2.50 bits per heavy atom. The van der Waals surface area contributed by atoms with E-state index >= 15 is 0 Å². The van der Waals surface area contributed by atoms with Crippen LogP contribution in [0.5, 0.6) is 11.5 Å². The Balaban J connectivity index is 1.94. The number of benzene rings is 1. The second kappa shape index (κ2) is 6.80. The van der Waals surface area contributed by atoms with Gasteiger partial charge in [0.2, 0.25) is 10.0 Å². The number of rotatable bonds is 7. The first-order chi connectivity index (χ1) is 10.5. The maximum atomic E-state index is 12.2. The molecule has 0 saturated heterocycles. The minimum atomic E-state index is -3.60. The van der Waals surface area contributed by atoms with E-state index in [-0.39, 0.29) is 18.0 Å². The highest BCUT2D eigenvalue weighted by Gasteiger charge is 2.21. The third kappa shape index (κ3) is 3.58. The lowest BCUT2D eigenvalue weighted by Crippen LogP contribution is -2.29.